The maximum Gasteiger partial charge on any atom is 0.274 e. The summed E-state index contributed by atoms with van der Waals surface area (Å²) >= 11 is 6.76. The van der Waals surface area contributed by atoms with E-state index in [1.165, 1.54) is 0 Å². The van der Waals surface area contributed by atoms with Crippen LogP contribution in [0.5, 0.6) is 0 Å². The fourth-order valence-electron chi connectivity index (χ4n) is 4.58. The van der Waals surface area contributed by atoms with Crippen molar-refractivity contribution in [3.8, 4) is 0 Å². The Kier molecular flexibility index (Phi) is 7.05. The second-order valence-electron chi connectivity index (χ2n) is 8.55. The highest BCUT2D eigenvalue weighted by molar-refractivity contribution is 6.34. The van der Waals surface area contributed by atoms with E-state index in [9.17, 15) is 14.4 Å². The van der Waals surface area contributed by atoms with Crippen molar-refractivity contribution in [1.29, 1.82) is 0 Å². The molecule has 1 N–H and O–H groups in total. The van der Waals surface area contributed by atoms with E-state index >= 15 is 0 Å². The lowest BCUT2D eigenvalue weighted by molar-refractivity contribution is -0.134. The van der Waals surface area contributed by atoms with Gasteiger partial charge >= 0.3 is 0 Å². The Morgan fingerprint density at radius 3 is 2.45 bits per heavy atom. The summed E-state index contributed by atoms with van der Waals surface area (Å²) in [5.41, 5.74) is 3.35. The number of aromatic nitrogens is 1. The van der Waals surface area contributed by atoms with Crippen LogP contribution in [0, 0.1) is 6.92 Å². The van der Waals surface area contributed by atoms with Gasteiger partial charge < -0.3 is 19.1 Å². The first-order valence-electron chi connectivity index (χ1n) is 11.2. The lowest BCUT2D eigenvalue weighted by Gasteiger charge is -2.38. The highest BCUT2D eigenvalue weighted by atomic mass is 35.5. The molecule has 2 fully saturated rings. The maximum atomic E-state index is 13.0. The molecule has 2 amide bonds. The summed E-state index contributed by atoms with van der Waals surface area (Å²) in [6.45, 7) is 5.76. The predicted octanol–water partition coefficient (Wildman–Crippen LogP) is 2.30. The zero-order valence-corrected chi connectivity index (χ0v) is 19.7. The summed E-state index contributed by atoms with van der Waals surface area (Å²) in [5.74, 6) is -0.953. The number of hydrogen-bond donors (Lipinski definition) is 1. The molecule has 0 bridgehead atoms. The molecule has 9 heteroatoms. The zero-order chi connectivity index (χ0) is 23.5. The van der Waals surface area contributed by atoms with Crippen molar-refractivity contribution in [2.75, 3.05) is 49.7 Å². The molecule has 0 aliphatic carbocycles. The van der Waals surface area contributed by atoms with E-state index in [1.54, 1.807) is 11.7 Å². The van der Waals surface area contributed by atoms with Crippen molar-refractivity contribution in [2.45, 2.75) is 32.2 Å². The Labute approximate surface area is 198 Å². The van der Waals surface area contributed by atoms with Crippen LogP contribution in [0.2, 0.25) is 5.02 Å². The number of ether oxygens (including phenoxy) is 1. The molecular weight excluding hydrogens is 444 g/mol. The van der Waals surface area contributed by atoms with Gasteiger partial charge in [0.05, 0.1) is 23.2 Å². The highest BCUT2D eigenvalue weighted by Gasteiger charge is 2.31. The number of nitrogens with one attached hydrogen (secondary N) is 1. The van der Waals surface area contributed by atoms with Gasteiger partial charge in [0.25, 0.3) is 5.56 Å². The molecule has 8 nitrogen and oxygen atoms in total. The Morgan fingerprint density at radius 2 is 1.79 bits per heavy atom. The van der Waals surface area contributed by atoms with E-state index in [4.69, 9.17) is 16.3 Å². The normalized spacial score (nSPS) is 19.1. The summed E-state index contributed by atoms with van der Waals surface area (Å²) in [6, 6.07) is 7.66. The quantitative estimate of drug-likeness (QED) is 0.649. The van der Waals surface area contributed by atoms with E-state index in [2.05, 4.69) is 15.1 Å². The van der Waals surface area contributed by atoms with Crippen molar-refractivity contribution < 1.29 is 14.3 Å². The molecule has 1 unspecified atom stereocenters. The van der Waals surface area contributed by atoms with E-state index in [0.29, 0.717) is 62.9 Å². The van der Waals surface area contributed by atoms with Gasteiger partial charge in [0.15, 0.2) is 0 Å². The van der Waals surface area contributed by atoms with E-state index < -0.39 is 5.92 Å². The molecule has 4 rings (SSSR count). The van der Waals surface area contributed by atoms with Gasteiger partial charge in [-0.3, -0.25) is 19.7 Å². The van der Waals surface area contributed by atoms with Gasteiger partial charge in [0, 0.05) is 52.5 Å². The van der Waals surface area contributed by atoms with Crippen molar-refractivity contribution in [3.63, 3.8) is 0 Å². The minimum absolute atomic E-state index is 0.0102. The van der Waals surface area contributed by atoms with Crippen molar-refractivity contribution in [1.82, 2.24) is 9.88 Å². The van der Waals surface area contributed by atoms with Crippen LogP contribution in [-0.2, 0) is 20.9 Å². The number of anilines is 2. The highest BCUT2D eigenvalue weighted by Crippen LogP contribution is 2.37. The average Bonchev–Trinajstić information content (AvgIpc) is 2.80. The maximum absolute atomic E-state index is 13.0. The number of carbonyl (C=O) groups excluding carboxylic acids is 2. The minimum Gasteiger partial charge on any atom is -0.383 e. The molecule has 0 saturated carbocycles. The zero-order valence-electron chi connectivity index (χ0n) is 19.0. The van der Waals surface area contributed by atoms with Crippen molar-refractivity contribution >= 4 is 34.8 Å². The number of imide groups is 1. The van der Waals surface area contributed by atoms with Gasteiger partial charge in [0.2, 0.25) is 11.8 Å². The van der Waals surface area contributed by atoms with Gasteiger partial charge in [-0.25, -0.2) is 0 Å². The van der Waals surface area contributed by atoms with Crippen LogP contribution in [0.3, 0.4) is 0 Å². The topological polar surface area (TPSA) is 83.9 Å². The molecule has 0 radical (unpaired) electrons. The molecule has 0 spiro atoms. The molecule has 3 heterocycles. The fraction of sp³-hybridized carbons (Fsp3) is 0.458. The third-order valence-corrected chi connectivity index (χ3v) is 6.74. The predicted molar refractivity (Wildman–Crippen MR) is 128 cm³/mol. The molecule has 2 aliphatic heterocycles. The first-order chi connectivity index (χ1) is 15.9. The number of carbonyl (C=O) groups is 2. The van der Waals surface area contributed by atoms with Crippen LogP contribution in [0.15, 0.2) is 35.3 Å². The number of rotatable bonds is 6. The van der Waals surface area contributed by atoms with Gasteiger partial charge in [-0.15, -0.1) is 0 Å². The molecule has 1 aromatic heterocycles. The first-order valence-corrected chi connectivity index (χ1v) is 11.6. The third kappa shape index (κ3) is 4.91. The van der Waals surface area contributed by atoms with E-state index in [-0.39, 0.29) is 17.4 Å². The summed E-state index contributed by atoms with van der Waals surface area (Å²) in [4.78, 5) is 41.1. The summed E-state index contributed by atoms with van der Waals surface area (Å²) < 4.78 is 6.84. The SMILES string of the molecule is COCCn1cc(C)cc(N2CCN(c3cccc(C4CCC(=O)NC4=O)c3Cl)CC2)c1=O. The molecule has 1 atom stereocenters. The number of aryl methyl sites for hydroxylation is 1. The number of piperazine rings is 1. The van der Waals surface area contributed by atoms with E-state index in [1.807, 2.05) is 37.4 Å². The third-order valence-electron chi connectivity index (χ3n) is 6.32. The van der Waals surface area contributed by atoms with Crippen LogP contribution in [0.1, 0.15) is 29.9 Å². The number of benzene rings is 1. The van der Waals surface area contributed by atoms with Crippen LogP contribution in [0.25, 0.3) is 0 Å². The Balaban J connectivity index is 1.50. The number of nitrogens with zero attached hydrogens (tertiary/aromatic N) is 3. The molecule has 1 aromatic carbocycles. The Bertz CT molecular complexity index is 1110. The molecule has 2 saturated heterocycles. The second kappa shape index (κ2) is 9.97. The van der Waals surface area contributed by atoms with Crippen LogP contribution in [-0.4, -0.2) is 56.3 Å². The first kappa shape index (κ1) is 23.3. The lowest BCUT2D eigenvalue weighted by atomic mass is 9.90. The molecule has 2 aromatic rings. The van der Waals surface area contributed by atoms with Crippen LogP contribution >= 0.6 is 11.6 Å². The lowest BCUT2D eigenvalue weighted by Crippen LogP contribution is -2.48. The molecular formula is C24H29ClN4O4. The van der Waals surface area contributed by atoms with Gasteiger partial charge in [-0.2, -0.15) is 0 Å². The standard InChI is InChI=1S/C24H29ClN4O4/c1-16-14-20(24(32)29(15-16)12-13-33-2)28-10-8-27(9-11-28)19-5-3-4-17(22(19)25)18-6-7-21(30)26-23(18)31/h3-5,14-15,18H,6-13H2,1-2H3,(H,26,30,31). The Morgan fingerprint density at radius 1 is 1.09 bits per heavy atom. The van der Waals surface area contributed by atoms with Crippen LogP contribution < -0.4 is 20.7 Å². The van der Waals surface area contributed by atoms with Gasteiger partial charge in [0.1, 0.15) is 5.69 Å². The largest absolute Gasteiger partial charge is 0.383 e. The number of methoxy groups -OCH3 is 1. The number of halogens is 1. The van der Waals surface area contributed by atoms with Gasteiger partial charge in [-0.1, -0.05) is 23.7 Å². The van der Waals surface area contributed by atoms with E-state index in [0.717, 1.165) is 16.8 Å². The van der Waals surface area contributed by atoms with Gasteiger partial charge in [-0.05, 0) is 36.6 Å². The number of amides is 2. The number of piperidine rings is 1. The number of pyridine rings is 1. The Hall–Kier alpha value is -2.84. The summed E-state index contributed by atoms with van der Waals surface area (Å²) in [5, 5.41) is 2.96. The van der Waals surface area contributed by atoms with Crippen molar-refractivity contribution in [2.24, 2.45) is 0 Å². The molecule has 33 heavy (non-hydrogen) atoms. The van der Waals surface area contributed by atoms with Crippen LogP contribution in [0.4, 0.5) is 11.4 Å². The minimum atomic E-state index is -0.422. The monoisotopic (exact) mass is 472 g/mol. The number of hydrogen-bond acceptors (Lipinski definition) is 6. The molecule has 2 aliphatic rings. The fourth-order valence-corrected chi connectivity index (χ4v) is 4.95. The molecule has 176 valence electrons. The smallest absolute Gasteiger partial charge is 0.274 e. The summed E-state index contributed by atoms with van der Waals surface area (Å²) in [7, 11) is 1.63. The summed E-state index contributed by atoms with van der Waals surface area (Å²) in [6.07, 6.45) is 2.64. The van der Waals surface area contributed by atoms with Crippen molar-refractivity contribution in [3.05, 3.63) is 57.0 Å². The average molecular weight is 473 g/mol. The second-order valence-corrected chi connectivity index (χ2v) is 8.93.